The number of hydrogen-bond donors (Lipinski definition) is 0. The van der Waals surface area contributed by atoms with Crippen molar-refractivity contribution in [1.29, 1.82) is 0 Å². The highest BCUT2D eigenvalue weighted by Gasteiger charge is 2.23. The van der Waals surface area contributed by atoms with Crippen LogP contribution < -0.4 is 4.90 Å². The summed E-state index contributed by atoms with van der Waals surface area (Å²) in [5, 5.41) is 1.03. The molecule has 0 radical (unpaired) electrons. The van der Waals surface area contributed by atoms with Crippen LogP contribution in [0.25, 0.3) is 0 Å². The van der Waals surface area contributed by atoms with Crippen LogP contribution in [0.1, 0.15) is 12.5 Å². The number of allylic oxidation sites excluding steroid dienone is 1. The van der Waals surface area contributed by atoms with E-state index < -0.39 is 0 Å². The molecule has 1 heterocycles. The van der Waals surface area contributed by atoms with Crippen molar-refractivity contribution in [3.63, 3.8) is 0 Å². The molecule has 106 valence electrons. The second-order valence-electron chi connectivity index (χ2n) is 4.93. The lowest BCUT2D eigenvalue weighted by Crippen LogP contribution is -2.17. The number of carbonyl (C=O) groups excluding carboxylic acids is 1. The van der Waals surface area contributed by atoms with Gasteiger partial charge in [0, 0.05) is 23.9 Å². The minimum absolute atomic E-state index is 0.148. The zero-order chi connectivity index (χ0) is 14.7. The lowest BCUT2D eigenvalue weighted by Gasteiger charge is -2.17. The van der Waals surface area contributed by atoms with E-state index in [0.29, 0.717) is 6.42 Å². The summed E-state index contributed by atoms with van der Waals surface area (Å²) in [6, 6.07) is 18.2. The SMILES string of the molecule is CCN1/C(=C/C(=O)Cc2ccccc2)Sc2ccccc21. The van der Waals surface area contributed by atoms with Crippen molar-refractivity contribution in [2.45, 2.75) is 18.2 Å². The molecular weight excluding hydrogens is 278 g/mol. The quantitative estimate of drug-likeness (QED) is 0.786. The zero-order valence-corrected chi connectivity index (χ0v) is 12.8. The molecular formula is C18H17NOS. The fourth-order valence-corrected chi connectivity index (χ4v) is 3.66. The Bertz CT molecular complexity index is 679. The van der Waals surface area contributed by atoms with E-state index in [0.717, 1.165) is 17.1 Å². The summed E-state index contributed by atoms with van der Waals surface area (Å²) in [7, 11) is 0. The van der Waals surface area contributed by atoms with E-state index in [4.69, 9.17) is 0 Å². The van der Waals surface area contributed by atoms with Crippen molar-refractivity contribution in [1.82, 2.24) is 0 Å². The van der Waals surface area contributed by atoms with Crippen LogP contribution in [-0.2, 0) is 11.2 Å². The topological polar surface area (TPSA) is 20.3 Å². The molecule has 2 aromatic carbocycles. The van der Waals surface area contributed by atoms with Crippen LogP contribution in [0.4, 0.5) is 5.69 Å². The van der Waals surface area contributed by atoms with E-state index in [9.17, 15) is 4.79 Å². The van der Waals surface area contributed by atoms with Crippen LogP contribution in [0.3, 0.4) is 0 Å². The lowest BCUT2D eigenvalue weighted by atomic mass is 10.1. The highest BCUT2D eigenvalue weighted by Crippen LogP contribution is 2.45. The van der Waals surface area contributed by atoms with Gasteiger partial charge in [0.25, 0.3) is 0 Å². The Labute approximate surface area is 129 Å². The van der Waals surface area contributed by atoms with E-state index in [1.54, 1.807) is 17.8 Å². The van der Waals surface area contributed by atoms with Crippen LogP contribution >= 0.6 is 11.8 Å². The van der Waals surface area contributed by atoms with Gasteiger partial charge in [-0.25, -0.2) is 0 Å². The van der Waals surface area contributed by atoms with Crippen LogP contribution in [0.5, 0.6) is 0 Å². The molecule has 0 saturated carbocycles. The number of ketones is 1. The molecule has 1 aliphatic heterocycles. The number of rotatable bonds is 4. The fraction of sp³-hybridized carbons (Fsp3) is 0.167. The van der Waals surface area contributed by atoms with Gasteiger partial charge < -0.3 is 4.90 Å². The smallest absolute Gasteiger partial charge is 0.162 e. The van der Waals surface area contributed by atoms with Crippen molar-refractivity contribution >= 4 is 23.2 Å². The molecule has 1 aliphatic rings. The van der Waals surface area contributed by atoms with Gasteiger partial charge in [-0.15, -0.1) is 0 Å². The van der Waals surface area contributed by atoms with E-state index in [1.165, 1.54) is 10.6 Å². The first kappa shape index (κ1) is 14.0. The summed E-state index contributed by atoms with van der Waals surface area (Å²) in [5.74, 6) is 0.148. The van der Waals surface area contributed by atoms with Gasteiger partial charge in [0.05, 0.1) is 10.7 Å². The Kier molecular flexibility index (Phi) is 4.11. The number of benzene rings is 2. The number of anilines is 1. The van der Waals surface area contributed by atoms with Gasteiger partial charge in [-0.1, -0.05) is 54.2 Å². The molecule has 0 bridgehead atoms. The van der Waals surface area contributed by atoms with Gasteiger partial charge >= 0.3 is 0 Å². The molecule has 0 saturated heterocycles. The predicted octanol–water partition coefficient (Wildman–Crippen LogP) is 4.27. The summed E-state index contributed by atoms with van der Waals surface area (Å²) in [5.41, 5.74) is 2.26. The third-order valence-corrected chi connectivity index (χ3v) is 4.57. The average Bonchev–Trinajstić information content (AvgIpc) is 2.85. The lowest BCUT2D eigenvalue weighted by molar-refractivity contribution is -0.114. The largest absolute Gasteiger partial charge is 0.335 e. The van der Waals surface area contributed by atoms with Gasteiger partial charge in [-0.3, -0.25) is 4.79 Å². The van der Waals surface area contributed by atoms with Crippen molar-refractivity contribution in [3.05, 3.63) is 71.3 Å². The second kappa shape index (κ2) is 6.19. The van der Waals surface area contributed by atoms with Crippen molar-refractivity contribution in [2.75, 3.05) is 11.4 Å². The minimum atomic E-state index is 0.148. The Morgan fingerprint density at radius 1 is 1.10 bits per heavy atom. The molecule has 2 aromatic rings. The standard InChI is InChI=1S/C18H17NOS/c1-2-19-16-10-6-7-11-17(16)21-18(19)13-15(20)12-14-8-4-3-5-9-14/h3-11,13H,2,12H2,1H3/b18-13-. The molecule has 0 aromatic heterocycles. The predicted molar refractivity (Wildman–Crippen MR) is 88.6 cm³/mol. The molecule has 0 unspecified atom stereocenters. The Morgan fingerprint density at radius 2 is 1.81 bits per heavy atom. The maximum absolute atomic E-state index is 12.3. The molecule has 0 atom stereocenters. The Balaban J connectivity index is 1.79. The highest BCUT2D eigenvalue weighted by molar-refractivity contribution is 8.03. The van der Waals surface area contributed by atoms with Crippen LogP contribution in [-0.4, -0.2) is 12.3 Å². The number of carbonyl (C=O) groups is 1. The summed E-state index contributed by atoms with van der Waals surface area (Å²) >= 11 is 1.67. The first-order chi connectivity index (χ1) is 10.3. The molecule has 0 fully saturated rings. The van der Waals surface area contributed by atoms with E-state index in [-0.39, 0.29) is 5.78 Å². The average molecular weight is 295 g/mol. The summed E-state index contributed by atoms with van der Waals surface area (Å²) < 4.78 is 0. The fourth-order valence-electron chi connectivity index (χ4n) is 2.47. The number of hydrogen-bond acceptors (Lipinski definition) is 3. The zero-order valence-electron chi connectivity index (χ0n) is 12.0. The van der Waals surface area contributed by atoms with Crippen LogP contribution in [0.2, 0.25) is 0 Å². The molecule has 0 spiro atoms. The van der Waals surface area contributed by atoms with Crippen molar-refractivity contribution < 1.29 is 4.79 Å². The monoisotopic (exact) mass is 295 g/mol. The third kappa shape index (κ3) is 3.03. The number of nitrogens with zero attached hydrogens (tertiary/aromatic N) is 1. The maximum atomic E-state index is 12.3. The molecule has 0 aliphatic carbocycles. The first-order valence-corrected chi connectivity index (χ1v) is 7.92. The van der Waals surface area contributed by atoms with Crippen molar-refractivity contribution in [2.24, 2.45) is 0 Å². The second-order valence-corrected chi connectivity index (χ2v) is 5.99. The van der Waals surface area contributed by atoms with Gasteiger partial charge in [0.2, 0.25) is 0 Å². The summed E-state index contributed by atoms with van der Waals surface area (Å²) in [6.45, 7) is 2.98. The Morgan fingerprint density at radius 3 is 2.57 bits per heavy atom. The molecule has 2 nitrogen and oxygen atoms in total. The summed E-state index contributed by atoms with van der Waals surface area (Å²) in [4.78, 5) is 15.7. The molecule has 0 N–H and O–H groups in total. The van der Waals surface area contributed by atoms with Gasteiger partial charge in [-0.2, -0.15) is 0 Å². The maximum Gasteiger partial charge on any atom is 0.162 e. The van der Waals surface area contributed by atoms with Crippen molar-refractivity contribution in [3.8, 4) is 0 Å². The van der Waals surface area contributed by atoms with Gasteiger partial charge in [0.15, 0.2) is 5.78 Å². The number of fused-ring (bicyclic) bond motifs is 1. The van der Waals surface area contributed by atoms with Gasteiger partial charge in [0.1, 0.15) is 0 Å². The number of thioether (sulfide) groups is 1. The van der Waals surface area contributed by atoms with E-state index in [2.05, 4.69) is 24.0 Å². The van der Waals surface area contributed by atoms with E-state index >= 15 is 0 Å². The van der Waals surface area contributed by atoms with Crippen LogP contribution in [0.15, 0.2) is 70.6 Å². The summed E-state index contributed by atoms with van der Waals surface area (Å²) in [6.07, 6.45) is 2.24. The van der Waals surface area contributed by atoms with Gasteiger partial charge in [-0.05, 0) is 24.6 Å². The molecule has 0 amide bonds. The minimum Gasteiger partial charge on any atom is -0.335 e. The number of para-hydroxylation sites is 1. The molecule has 3 heteroatoms. The molecule has 21 heavy (non-hydrogen) atoms. The molecule has 3 rings (SSSR count). The normalized spacial score (nSPS) is 15.3. The van der Waals surface area contributed by atoms with E-state index in [1.807, 2.05) is 42.5 Å². The highest BCUT2D eigenvalue weighted by atomic mass is 32.2. The Hall–Kier alpha value is -2.00. The first-order valence-electron chi connectivity index (χ1n) is 7.11. The van der Waals surface area contributed by atoms with Crippen LogP contribution in [0, 0.1) is 0 Å². The third-order valence-electron chi connectivity index (χ3n) is 3.46.